The van der Waals surface area contributed by atoms with E-state index in [2.05, 4.69) is 72.5 Å². The summed E-state index contributed by atoms with van der Waals surface area (Å²) in [5.74, 6) is 0. The normalized spacial score (nSPS) is 13.2. The maximum absolute atomic E-state index is 13.4. The third kappa shape index (κ3) is 6.03. The van der Waals surface area contributed by atoms with Crippen LogP contribution in [0.25, 0.3) is 0 Å². The van der Waals surface area contributed by atoms with Gasteiger partial charge in [-0.1, -0.05) is 164 Å². The molecule has 0 N–H and O–H groups in total. The van der Waals surface area contributed by atoms with E-state index < -0.39 is 28.8 Å². The second kappa shape index (κ2) is 11.6. The van der Waals surface area contributed by atoms with Crippen molar-refractivity contribution in [1.29, 1.82) is 0 Å². The van der Waals surface area contributed by atoms with E-state index in [-0.39, 0.29) is 15.1 Å². The molecule has 8 heteroatoms. The molecule has 0 bridgehead atoms. The van der Waals surface area contributed by atoms with Gasteiger partial charge < -0.3 is 8.85 Å². The lowest BCUT2D eigenvalue weighted by atomic mass is 10.2. The van der Waals surface area contributed by atoms with Crippen molar-refractivity contribution < 1.29 is 18.4 Å². The Morgan fingerprint density at radius 3 is 1.05 bits per heavy atom. The molecule has 0 saturated carbocycles. The minimum absolute atomic E-state index is 0.300. The Morgan fingerprint density at radius 1 is 0.500 bits per heavy atom. The third-order valence-electron chi connectivity index (χ3n) is 7.40. The van der Waals surface area contributed by atoms with Gasteiger partial charge in [-0.25, -0.2) is 9.59 Å². The topological polar surface area (TPSA) is 77.3 Å². The third-order valence-corrected chi connectivity index (χ3v) is 18.1. The van der Waals surface area contributed by atoms with Gasteiger partial charge in [0.1, 0.15) is 0 Å². The monoisotopic (exact) mass is 574 g/mol. The van der Waals surface area contributed by atoms with E-state index >= 15 is 0 Å². The van der Waals surface area contributed by atoms with Gasteiger partial charge in [0.15, 0.2) is 0 Å². The first-order valence-electron chi connectivity index (χ1n) is 13.6. The van der Waals surface area contributed by atoms with Crippen LogP contribution in [0.5, 0.6) is 0 Å². The minimum atomic E-state index is -3.34. The number of hydrogen-bond acceptors (Lipinski definition) is 4. The number of hydrogen-bond donors (Lipinski definition) is 0. The number of carbonyl (C=O) groups is 2. The summed E-state index contributed by atoms with van der Waals surface area (Å²) < 4.78 is 12.6. The summed E-state index contributed by atoms with van der Waals surface area (Å²) in [5.41, 5.74) is 0. The molecule has 0 fully saturated rings. The Balaban J connectivity index is 2.04. The lowest BCUT2D eigenvalue weighted by molar-refractivity contribution is 0.189. The summed E-state index contributed by atoms with van der Waals surface area (Å²) in [6.07, 6.45) is -1.80. The second-order valence-electron chi connectivity index (χ2n) is 13.1. The molecule has 0 unspecified atom stereocenters. The van der Waals surface area contributed by atoms with Gasteiger partial charge >= 0.3 is 20.5 Å². The van der Waals surface area contributed by atoms with E-state index in [1.165, 1.54) is 0 Å². The maximum Gasteiger partial charge on any atom is 0.439 e. The molecule has 40 heavy (non-hydrogen) atoms. The van der Waals surface area contributed by atoms with Gasteiger partial charge in [0.05, 0.1) is 0 Å². The van der Waals surface area contributed by atoms with E-state index in [4.69, 9.17) is 8.85 Å². The summed E-state index contributed by atoms with van der Waals surface area (Å²) in [6.45, 7) is 18.9. The molecular weight excluding hydrogens is 533 g/mol. The van der Waals surface area contributed by atoms with Crippen molar-refractivity contribution in [2.24, 2.45) is 10.2 Å². The molecular formula is C32H42N2O4Si2. The van der Waals surface area contributed by atoms with Crippen LogP contribution < -0.4 is 15.6 Å². The predicted octanol–water partition coefficient (Wildman–Crippen LogP) is 7.72. The quantitative estimate of drug-likeness (QED) is 0.178. The fourth-order valence-corrected chi connectivity index (χ4v) is 18.5. The van der Waals surface area contributed by atoms with Gasteiger partial charge in [-0.3, -0.25) is 0 Å². The fraction of sp³-hybridized carbons (Fsp3) is 0.375. The molecule has 3 aromatic rings. The average Bonchev–Trinajstić information content (AvgIpc) is 2.88. The van der Waals surface area contributed by atoms with Crippen LogP contribution in [0.4, 0.5) is 9.59 Å². The molecule has 3 aromatic carbocycles. The molecule has 0 aliphatic carbocycles. The molecule has 0 heterocycles. The lowest BCUT2D eigenvalue weighted by Crippen LogP contribution is -2.69. The fourth-order valence-electron chi connectivity index (χ4n) is 6.91. The van der Waals surface area contributed by atoms with Gasteiger partial charge in [0.2, 0.25) is 0 Å². The molecule has 3 rings (SSSR count). The first-order chi connectivity index (χ1) is 18.6. The second-order valence-corrected chi connectivity index (χ2v) is 22.5. The SMILES string of the molecule is CC(C)(C)[Si](OC(=O)/N=N/C(=O)O[Si](c1ccccc1)(c1ccccc1)c1ccccc1)(C(C)(C)C)C(C)(C)C. The number of amides is 2. The van der Waals surface area contributed by atoms with E-state index in [0.29, 0.717) is 0 Å². The Kier molecular flexibility index (Phi) is 9.06. The summed E-state index contributed by atoms with van der Waals surface area (Å²) in [4.78, 5) is 26.6. The van der Waals surface area contributed by atoms with Crippen LogP contribution in [0.2, 0.25) is 15.1 Å². The van der Waals surface area contributed by atoms with E-state index in [1.807, 2.05) is 91.0 Å². The van der Waals surface area contributed by atoms with Crippen LogP contribution in [0.15, 0.2) is 101 Å². The number of rotatable bonds is 5. The first kappa shape index (κ1) is 31.2. The van der Waals surface area contributed by atoms with Crippen molar-refractivity contribution in [3.63, 3.8) is 0 Å². The number of nitrogens with zero attached hydrogens (tertiary/aromatic N) is 2. The van der Waals surface area contributed by atoms with Crippen molar-refractivity contribution in [3.05, 3.63) is 91.0 Å². The molecule has 6 nitrogen and oxygen atoms in total. The molecule has 212 valence electrons. The zero-order valence-corrected chi connectivity index (χ0v) is 27.2. The van der Waals surface area contributed by atoms with Crippen molar-refractivity contribution in [1.82, 2.24) is 0 Å². The van der Waals surface area contributed by atoms with Gasteiger partial charge in [-0.2, -0.15) is 0 Å². The molecule has 2 amide bonds. The van der Waals surface area contributed by atoms with E-state index in [9.17, 15) is 9.59 Å². The van der Waals surface area contributed by atoms with Crippen LogP contribution in [-0.4, -0.2) is 28.8 Å². The summed E-state index contributed by atoms with van der Waals surface area (Å²) in [5, 5.41) is 9.24. The van der Waals surface area contributed by atoms with Crippen molar-refractivity contribution in [2.45, 2.75) is 77.4 Å². The van der Waals surface area contributed by atoms with Crippen LogP contribution in [0, 0.1) is 0 Å². The van der Waals surface area contributed by atoms with Crippen molar-refractivity contribution >= 4 is 44.4 Å². The van der Waals surface area contributed by atoms with Gasteiger partial charge in [0.25, 0.3) is 8.32 Å². The molecule has 0 atom stereocenters. The number of carbonyl (C=O) groups excluding carboxylic acids is 2. The van der Waals surface area contributed by atoms with Crippen LogP contribution >= 0.6 is 0 Å². The van der Waals surface area contributed by atoms with Crippen molar-refractivity contribution in [2.75, 3.05) is 0 Å². The molecule has 0 aliphatic rings. The van der Waals surface area contributed by atoms with E-state index in [0.717, 1.165) is 15.6 Å². The zero-order valence-electron chi connectivity index (χ0n) is 25.2. The largest absolute Gasteiger partial charge is 0.499 e. The van der Waals surface area contributed by atoms with Gasteiger partial charge in [-0.05, 0) is 30.7 Å². The standard InChI is InChI=1S/C32H42N2O4Si2/c1-30(2,3)40(31(4,5)6,32(7,8)9)38-29(36)34-33-28(35)37-39(25-19-13-10-14-20-25,26-21-15-11-16-22-26)27-23-17-12-18-24-27/h10-24H,1-9H3/b34-33+. The highest BCUT2D eigenvalue weighted by molar-refractivity contribution is 7.07. The highest BCUT2D eigenvalue weighted by Crippen LogP contribution is 2.62. The molecule has 0 aromatic heterocycles. The lowest BCUT2D eigenvalue weighted by Gasteiger charge is -2.56. The van der Waals surface area contributed by atoms with Crippen LogP contribution in [-0.2, 0) is 8.85 Å². The first-order valence-corrected chi connectivity index (χ1v) is 17.4. The molecule has 0 spiro atoms. The predicted molar refractivity (Wildman–Crippen MR) is 167 cm³/mol. The summed E-state index contributed by atoms with van der Waals surface area (Å²) >= 11 is 0. The van der Waals surface area contributed by atoms with Gasteiger partial charge in [-0.15, -0.1) is 0 Å². The van der Waals surface area contributed by atoms with Crippen molar-refractivity contribution in [3.8, 4) is 0 Å². The van der Waals surface area contributed by atoms with Crippen LogP contribution in [0.1, 0.15) is 62.3 Å². The minimum Gasteiger partial charge on any atom is -0.499 e. The van der Waals surface area contributed by atoms with Crippen LogP contribution in [0.3, 0.4) is 0 Å². The zero-order chi connectivity index (χ0) is 29.8. The maximum atomic E-state index is 13.4. The molecule has 0 saturated heterocycles. The Labute approximate surface area is 241 Å². The molecule has 0 radical (unpaired) electrons. The highest BCUT2D eigenvalue weighted by Gasteiger charge is 2.64. The molecule has 0 aliphatic heterocycles. The highest BCUT2D eigenvalue weighted by atomic mass is 28.4. The average molecular weight is 575 g/mol. The number of benzene rings is 3. The Hall–Kier alpha value is -3.37. The smallest absolute Gasteiger partial charge is 0.439 e. The van der Waals surface area contributed by atoms with Gasteiger partial charge in [0, 0.05) is 0 Å². The Morgan fingerprint density at radius 2 is 0.775 bits per heavy atom. The Bertz CT molecular complexity index is 1190. The summed E-state index contributed by atoms with van der Waals surface area (Å²) in [7, 11) is -6.23. The number of azo groups is 1. The summed E-state index contributed by atoms with van der Waals surface area (Å²) in [6, 6.07) is 29.1. The van der Waals surface area contributed by atoms with E-state index in [1.54, 1.807) is 0 Å².